The van der Waals surface area contributed by atoms with Gasteiger partial charge in [-0.3, -0.25) is 25.8 Å². The van der Waals surface area contributed by atoms with Gasteiger partial charge in [-0.2, -0.15) is 0 Å². The smallest absolute Gasteiger partial charge is 0.269 e. The molecular weight excluding hydrogens is 429 g/mol. The highest BCUT2D eigenvalue weighted by Crippen LogP contribution is 2.20. The van der Waals surface area contributed by atoms with Crippen molar-refractivity contribution < 1.29 is 9.59 Å². The second kappa shape index (κ2) is 9.52. The number of carbonyl (C=O) groups excluding carboxylic acids is 2. The van der Waals surface area contributed by atoms with Gasteiger partial charge < -0.3 is 0 Å². The maximum atomic E-state index is 12.3. The van der Waals surface area contributed by atoms with E-state index in [0.29, 0.717) is 15.6 Å². The molecule has 0 radical (unpaired) electrons. The summed E-state index contributed by atoms with van der Waals surface area (Å²) < 4.78 is 0. The lowest BCUT2D eigenvalue weighted by atomic mass is 10.0. The molecule has 0 heterocycles. The normalized spacial score (nSPS) is 10.1. The summed E-state index contributed by atoms with van der Waals surface area (Å²) in [5.41, 5.74) is 7.67. The molecule has 0 atom stereocenters. The molecule has 0 aliphatic heterocycles. The summed E-state index contributed by atoms with van der Waals surface area (Å²) in [5.74, 6) is -0.902. The molecule has 3 N–H and O–H groups in total. The van der Waals surface area contributed by atoms with E-state index >= 15 is 0 Å². The number of thiocarbonyl (C=S) groups is 1. The predicted molar refractivity (Wildman–Crippen MR) is 119 cm³/mol. The fourth-order valence-corrected chi connectivity index (χ4v) is 3.19. The molecule has 2 amide bonds. The lowest BCUT2D eigenvalue weighted by molar-refractivity contribution is 0.0934. The van der Waals surface area contributed by atoms with Crippen LogP contribution in [0.25, 0.3) is 11.1 Å². The fourth-order valence-electron chi connectivity index (χ4n) is 2.52. The van der Waals surface area contributed by atoms with E-state index in [1.165, 1.54) is 18.2 Å². The van der Waals surface area contributed by atoms with Gasteiger partial charge >= 0.3 is 0 Å². The number of amides is 2. The van der Waals surface area contributed by atoms with Crippen LogP contribution in [-0.2, 0) is 0 Å². The van der Waals surface area contributed by atoms with E-state index in [-0.39, 0.29) is 10.7 Å². The summed E-state index contributed by atoms with van der Waals surface area (Å²) in [4.78, 5) is 24.4. The fraction of sp³-hybridized carbons (Fsp3) is 0. The molecule has 0 aliphatic carbocycles. The zero-order chi connectivity index (χ0) is 20.8. The Morgan fingerprint density at radius 2 is 1.28 bits per heavy atom. The largest absolute Gasteiger partial charge is 0.298 e. The van der Waals surface area contributed by atoms with Gasteiger partial charge in [0, 0.05) is 21.2 Å². The lowest BCUT2D eigenvalue weighted by Crippen LogP contribution is -2.48. The molecule has 0 unspecified atom stereocenters. The van der Waals surface area contributed by atoms with Crippen molar-refractivity contribution in [3.63, 3.8) is 0 Å². The SMILES string of the molecule is O=C(NNC(=S)NC(=O)c1cc(Cl)cc(Cl)c1)c1ccc(-c2ccccc2)cc1. The van der Waals surface area contributed by atoms with Crippen molar-refractivity contribution >= 4 is 52.3 Å². The topological polar surface area (TPSA) is 70.2 Å². The third-order valence-corrected chi connectivity index (χ3v) is 4.54. The van der Waals surface area contributed by atoms with E-state index in [0.717, 1.165) is 11.1 Å². The molecule has 0 saturated carbocycles. The molecule has 3 rings (SSSR count). The summed E-state index contributed by atoms with van der Waals surface area (Å²) in [6.45, 7) is 0. The van der Waals surface area contributed by atoms with Crippen LogP contribution in [0.1, 0.15) is 20.7 Å². The average molecular weight is 444 g/mol. The summed E-state index contributed by atoms with van der Waals surface area (Å²) in [6.07, 6.45) is 0. The first-order valence-corrected chi connectivity index (χ1v) is 9.62. The van der Waals surface area contributed by atoms with Crippen molar-refractivity contribution in [2.75, 3.05) is 0 Å². The third kappa shape index (κ3) is 5.77. The first-order valence-electron chi connectivity index (χ1n) is 8.45. The minimum absolute atomic E-state index is 0.0691. The Bertz CT molecular complexity index is 1040. The van der Waals surface area contributed by atoms with Gasteiger partial charge in [0.15, 0.2) is 5.11 Å². The lowest BCUT2D eigenvalue weighted by Gasteiger charge is -2.11. The van der Waals surface area contributed by atoms with Crippen molar-refractivity contribution in [1.82, 2.24) is 16.2 Å². The Hall–Kier alpha value is -2.93. The molecule has 146 valence electrons. The standard InChI is InChI=1S/C21H15Cl2N3O2S/c22-17-10-16(11-18(23)12-17)19(27)24-21(29)26-25-20(28)15-8-6-14(7-9-15)13-4-2-1-3-5-13/h1-12H,(H,25,28)(H2,24,26,27,29). The van der Waals surface area contributed by atoms with E-state index < -0.39 is 11.8 Å². The molecule has 0 saturated heterocycles. The van der Waals surface area contributed by atoms with Gasteiger partial charge in [-0.1, -0.05) is 65.7 Å². The number of hydrazine groups is 1. The van der Waals surface area contributed by atoms with Crippen LogP contribution in [0.4, 0.5) is 0 Å². The molecule has 0 bridgehead atoms. The first-order chi connectivity index (χ1) is 13.9. The van der Waals surface area contributed by atoms with Crippen LogP contribution in [0.15, 0.2) is 72.8 Å². The van der Waals surface area contributed by atoms with Gasteiger partial charge in [-0.25, -0.2) is 0 Å². The Labute approximate surface area is 183 Å². The highest BCUT2D eigenvalue weighted by atomic mass is 35.5. The van der Waals surface area contributed by atoms with Crippen molar-refractivity contribution in [2.24, 2.45) is 0 Å². The zero-order valence-corrected chi connectivity index (χ0v) is 17.2. The minimum atomic E-state index is -0.506. The van der Waals surface area contributed by atoms with Crippen molar-refractivity contribution in [1.29, 1.82) is 0 Å². The number of hydrogen-bond donors (Lipinski definition) is 3. The van der Waals surface area contributed by atoms with Crippen LogP contribution in [-0.4, -0.2) is 16.9 Å². The van der Waals surface area contributed by atoms with Crippen LogP contribution in [0.3, 0.4) is 0 Å². The summed E-state index contributed by atoms with van der Waals surface area (Å²) in [5, 5.41) is 3.02. The van der Waals surface area contributed by atoms with Crippen LogP contribution < -0.4 is 16.2 Å². The van der Waals surface area contributed by atoms with Crippen LogP contribution in [0.2, 0.25) is 10.0 Å². The van der Waals surface area contributed by atoms with Crippen molar-refractivity contribution in [3.05, 3.63) is 94.0 Å². The van der Waals surface area contributed by atoms with Crippen LogP contribution >= 0.6 is 35.4 Å². The molecule has 0 aromatic heterocycles. The Morgan fingerprint density at radius 3 is 1.90 bits per heavy atom. The molecular formula is C21H15Cl2N3O2S. The monoisotopic (exact) mass is 443 g/mol. The number of rotatable bonds is 3. The van der Waals surface area contributed by atoms with Gasteiger partial charge in [0.2, 0.25) is 0 Å². The second-order valence-corrected chi connectivity index (χ2v) is 7.24. The zero-order valence-electron chi connectivity index (χ0n) is 14.9. The molecule has 3 aromatic carbocycles. The average Bonchev–Trinajstić information content (AvgIpc) is 2.72. The Balaban J connectivity index is 1.54. The Morgan fingerprint density at radius 1 is 0.690 bits per heavy atom. The third-order valence-electron chi connectivity index (χ3n) is 3.90. The maximum absolute atomic E-state index is 12.3. The maximum Gasteiger partial charge on any atom is 0.269 e. The van der Waals surface area contributed by atoms with Gasteiger partial charge in [-0.05, 0) is 53.7 Å². The van der Waals surface area contributed by atoms with Gasteiger partial charge in [0.05, 0.1) is 0 Å². The summed E-state index contributed by atoms with van der Waals surface area (Å²) in [7, 11) is 0. The molecule has 8 heteroatoms. The molecule has 5 nitrogen and oxygen atoms in total. The van der Waals surface area contributed by atoms with Gasteiger partial charge in [0.25, 0.3) is 11.8 Å². The van der Waals surface area contributed by atoms with E-state index in [4.69, 9.17) is 35.4 Å². The number of hydrogen-bond acceptors (Lipinski definition) is 3. The highest BCUT2D eigenvalue weighted by molar-refractivity contribution is 7.80. The van der Waals surface area contributed by atoms with E-state index in [9.17, 15) is 9.59 Å². The second-order valence-electron chi connectivity index (χ2n) is 5.96. The molecule has 0 aliphatic rings. The van der Waals surface area contributed by atoms with Crippen molar-refractivity contribution in [3.8, 4) is 11.1 Å². The van der Waals surface area contributed by atoms with Gasteiger partial charge in [0.1, 0.15) is 0 Å². The number of halogens is 2. The number of benzene rings is 3. The molecule has 29 heavy (non-hydrogen) atoms. The summed E-state index contributed by atoms with van der Waals surface area (Å²) in [6, 6.07) is 21.4. The quantitative estimate of drug-likeness (QED) is 0.408. The van der Waals surface area contributed by atoms with Gasteiger partial charge in [-0.15, -0.1) is 0 Å². The minimum Gasteiger partial charge on any atom is -0.298 e. The van der Waals surface area contributed by atoms with E-state index in [1.54, 1.807) is 12.1 Å². The van der Waals surface area contributed by atoms with Crippen LogP contribution in [0.5, 0.6) is 0 Å². The summed E-state index contributed by atoms with van der Waals surface area (Å²) >= 11 is 16.8. The molecule has 0 fully saturated rings. The van der Waals surface area contributed by atoms with E-state index in [2.05, 4.69) is 16.2 Å². The Kier molecular flexibility index (Phi) is 6.82. The van der Waals surface area contributed by atoms with Crippen LogP contribution in [0, 0.1) is 0 Å². The van der Waals surface area contributed by atoms with Crippen molar-refractivity contribution in [2.45, 2.75) is 0 Å². The molecule has 0 spiro atoms. The highest BCUT2D eigenvalue weighted by Gasteiger charge is 2.11. The number of carbonyl (C=O) groups is 2. The van der Waals surface area contributed by atoms with E-state index in [1.807, 2.05) is 42.5 Å². The predicted octanol–water partition coefficient (Wildman–Crippen LogP) is 4.61. The first kappa shape index (κ1) is 20.8. The number of nitrogens with one attached hydrogen (secondary N) is 3. The molecule has 3 aromatic rings.